The molecule has 2 aromatic heterocycles. The molecule has 1 aliphatic rings. The molecule has 100 valence electrons. The third-order valence-corrected chi connectivity index (χ3v) is 3.63. The molecule has 1 aliphatic heterocycles. The number of hydrogen-bond donors (Lipinski definition) is 0. The Hall–Kier alpha value is -2.56. The number of likely N-dealkylation sites (N-methyl/N-ethyl adjacent to an activating group) is 1. The highest BCUT2D eigenvalue weighted by Gasteiger charge is 2.15. The zero-order valence-corrected chi connectivity index (χ0v) is 11.2. The molecule has 3 aromatic rings. The highest BCUT2D eigenvalue weighted by molar-refractivity contribution is 5.71. The fourth-order valence-corrected chi connectivity index (χ4v) is 2.49. The first-order valence-corrected chi connectivity index (χ1v) is 6.58. The average molecular weight is 266 g/mol. The van der Waals surface area contributed by atoms with Crippen LogP contribution in [0.3, 0.4) is 0 Å². The van der Waals surface area contributed by atoms with Crippen LogP contribution in [0.2, 0.25) is 0 Å². The van der Waals surface area contributed by atoms with Gasteiger partial charge in [-0.1, -0.05) is 0 Å². The van der Waals surface area contributed by atoms with Crippen molar-refractivity contribution >= 4 is 11.3 Å². The van der Waals surface area contributed by atoms with Crippen LogP contribution in [0.1, 0.15) is 0 Å². The Morgan fingerprint density at radius 3 is 3.15 bits per heavy atom. The van der Waals surface area contributed by atoms with E-state index in [0.717, 1.165) is 41.5 Å². The maximum atomic E-state index is 5.67. The molecule has 1 aromatic carbocycles. The van der Waals surface area contributed by atoms with Crippen LogP contribution in [-0.4, -0.2) is 34.6 Å². The normalized spacial score (nSPS) is 14.2. The quantitative estimate of drug-likeness (QED) is 0.677. The van der Waals surface area contributed by atoms with Crippen LogP contribution >= 0.6 is 0 Å². The van der Waals surface area contributed by atoms with Crippen LogP contribution < -0.4 is 9.64 Å². The first-order valence-electron chi connectivity index (χ1n) is 6.58. The summed E-state index contributed by atoms with van der Waals surface area (Å²) in [6.45, 7) is 1.65. The van der Waals surface area contributed by atoms with E-state index in [1.54, 1.807) is 12.4 Å². The molecule has 0 atom stereocenters. The highest BCUT2D eigenvalue weighted by atomic mass is 16.5. The van der Waals surface area contributed by atoms with Gasteiger partial charge in [0, 0.05) is 31.2 Å². The van der Waals surface area contributed by atoms with Crippen molar-refractivity contribution in [3.8, 4) is 17.0 Å². The standard InChI is InChI=1S/C15H14N4O/c1-18-6-7-20-14-3-2-11(8-13(14)18)12-10-19-5-4-16-15(19)9-17-12/h2-5,8-10H,6-7H2,1H3. The van der Waals surface area contributed by atoms with Crippen LogP contribution in [0.15, 0.2) is 43.0 Å². The summed E-state index contributed by atoms with van der Waals surface area (Å²) in [5, 5.41) is 0. The number of nitrogens with zero attached hydrogens (tertiary/aromatic N) is 4. The molecule has 0 saturated carbocycles. The second kappa shape index (κ2) is 4.23. The molecule has 0 N–H and O–H groups in total. The zero-order chi connectivity index (χ0) is 13.5. The van der Waals surface area contributed by atoms with Crippen molar-refractivity contribution in [3.05, 3.63) is 43.0 Å². The van der Waals surface area contributed by atoms with Gasteiger partial charge in [-0.3, -0.25) is 4.98 Å². The molecule has 0 fully saturated rings. The number of ether oxygens (including phenoxy) is 1. The van der Waals surface area contributed by atoms with Gasteiger partial charge in [0.1, 0.15) is 12.4 Å². The van der Waals surface area contributed by atoms with E-state index in [9.17, 15) is 0 Å². The number of rotatable bonds is 1. The molecule has 5 nitrogen and oxygen atoms in total. The SMILES string of the molecule is CN1CCOc2ccc(-c3cn4ccnc4cn3)cc21. The van der Waals surface area contributed by atoms with E-state index in [4.69, 9.17) is 4.74 Å². The minimum atomic E-state index is 0.738. The van der Waals surface area contributed by atoms with Crippen LogP contribution in [0.4, 0.5) is 5.69 Å². The molecule has 0 bridgehead atoms. The summed E-state index contributed by atoms with van der Waals surface area (Å²) < 4.78 is 7.64. The molecule has 0 radical (unpaired) electrons. The van der Waals surface area contributed by atoms with E-state index in [1.165, 1.54) is 0 Å². The molecule has 0 unspecified atom stereocenters. The van der Waals surface area contributed by atoms with Gasteiger partial charge in [0.2, 0.25) is 0 Å². The molecule has 20 heavy (non-hydrogen) atoms. The van der Waals surface area contributed by atoms with Gasteiger partial charge < -0.3 is 14.0 Å². The Labute approximate surface area is 116 Å². The lowest BCUT2D eigenvalue weighted by molar-refractivity contribution is 0.311. The lowest BCUT2D eigenvalue weighted by Gasteiger charge is -2.28. The van der Waals surface area contributed by atoms with Crippen LogP contribution in [0, 0.1) is 0 Å². The van der Waals surface area contributed by atoms with Crippen molar-refractivity contribution in [2.45, 2.75) is 0 Å². The number of imidazole rings is 1. The van der Waals surface area contributed by atoms with Gasteiger partial charge in [0.25, 0.3) is 0 Å². The molecule has 0 aliphatic carbocycles. The largest absolute Gasteiger partial charge is 0.490 e. The number of hydrogen-bond acceptors (Lipinski definition) is 4. The first-order chi connectivity index (χ1) is 9.81. The van der Waals surface area contributed by atoms with E-state index in [1.807, 2.05) is 28.9 Å². The van der Waals surface area contributed by atoms with Crippen molar-refractivity contribution in [1.82, 2.24) is 14.4 Å². The lowest BCUT2D eigenvalue weighted by atomic mass is 10.1. The van der Waals surface area contributed by atoms with Crippen molar-refractivity contribution in [1.29, 1.82) is 0 Å². The van der Waals surface area contributed by atoms with Gasteiger partial charge in [-0.05, 0) is 18.2 Å². The average Bonchev–Trinajstić information content (AvgIpc) is 2.95. The minimum absolute atomic E-state index is 0.738. The zero-order valence-electron chi connectivity index (χ0n) is 11.2. The van der Waals surface area contributed by atoms with Crippen LogP contribution in [-0.2, 0) is 0 Å². The summed E-state index contributed by atoms with van der Waals surface area (Å²) in [7, 11) is 2.08. The maximum Gasteiger partial charge on any atom is 0.155 e. The summed E-state index contributed by atoms with van der Waals surface area (Å²) in [4.78, 5) is 10.9. The van der Waals surface area contributed by atoms with Gasteiger partial charge in [0.15, 0.2) is 5.65 Å². The number of fused-ring (bicyclic) bond motifs is 2. The molecular formula is C15H14N4O. The second-order valence-electron chi connectivity index (χ2n) is 4.92. The third kappa shape index (κ3) is 1.71. The Bertz CT molecular complexity index is 780. The Morgan fingerprint density at radius 2 is 2.20 bits per heavy atom. The van der Waals surface area contributed by atoms with E-state index >= 15 is 0 Å². The van der Waals surface area contributed by atoms with Crippen molar-refractivity contribution in [2.75, 3.05) is 25.1 Å². The second-order valence-corrected chi connectivity index (χ2v) is 4.92. The van der Waals surface area contributed by atoms with E-state index < -0.39 is 0 Å². The lowest BCUT2D eigenvalue weighted by Crippen LogP contribution is -2.28. The van der Waals surface area contributed by atoms with Crippen molar-refractivity contribution < 1.29 is 4.74 Å². The predicted octanol–water partition coefficient (Wildman–Crippen LogP) is 2.22. The Kier molecular flexibility index (Phi) is 2.39. The predicted molar refractivity (Wildman–Crippen MR) is 77.2 cm³/mol. The molecule has 3 heterocycles. The minimum Gasteiger partial charge on any atom is -0.490 e. The molecule has 4 rings (SSSR count). The smallest absolute Gasteiger partial charge is 0.155 e. The topological polar surface area (TPSA) is 42.7 Å². The summed E-state index contributed by atoms with van der Waals surface area (Å²) >= 11 is 0. The first kappa shape index (κ1) is 11.3. The summed E-state index contributed by atoms with van der Waals surface area (Å²) in [6.07, 6.45) is 7.48. The van der Waals surface area contributed by atoms with Gasteiger partial charge >= 0.3 is 0 Å². The monoisotopic (exact) mass is 266 g/mol. The maximum absolute atomic E-state index is 5.67. The Morgan fingerprint density at radius 1 is 1.25 bits per heavy atom. The molecule has 5 heteroatoms. The number of anilines is 1. The highest BCUT2D eigenvalue weighted by Crippen LogP contribution is 2.34. The fourth-order valence-electron chi connectivity index (χ4n) is 2.49. The van der Waals surface area contributed by atoms with Gasteiger partial charge in [-0.15, -0.1) is 0 Å². The third-order valence-electron chi connectivity index (χ3n) is 3.63. The molecule has 0 spiro atoms. The van der Waals surface area contributed by atoms with Crippen LogP contribution in [0.5, 0.6) is 5.75 Å². The molecule has 0 saturated heterocycles. The number of benzene rings is 1. The molecular weight excluding hydrogens is 252 g/mol. The van der Waals surface area contributed by atoms with Crippen LogP contribution in [0.25, 0.3) is 16.9 Å². The summed E-state index contributed by atoms with van der Waals surface area (Å²) in [6, 6.07) is 6.18. The summed E-state index contributed by atoms with van der Waals surface area (Å²) in [5.41, 5.74) is 3.97. The van der Waals surface area contributed by atoms with Crippen molar-refractivity contribution in [2.24, 2.45) is 0 Å². The van der Waals surface area contributed by atoms with E-state index in [2.05, 4.69) is 28.0 Å². The van der Waals surface area contributed by atoms with Gasteiger partial charge in [0.05, 0.1) is 24.1 Å². The van der Waals surface area contributed by atoms with Gasteiger partial charge in [-0.2, -0.15) is 0 Å². The fraction of sp³-hybridized carbons (Fsp3) is 0.200. The van der Waals surface area contributed by atoms with Crippen molar-refractivity contribution in [3.63, 3.8) is 0 Å². The van der Waals surface area contributed by atoms with Gasteiger partial charge in [-0.25, -0.2) is 4.98 Å². The van der Waals surface area contributed by atoms with E-state index in [-0.39, 0.29) is 0 Å². The Balaban J connectivity index is 1.83. The molecule has 0 amide bonds. The van der Waals surface area contributed by atoms with E-state index in [0.29, 0.717) is 0 Å². The summed E-state index contributed by atoms with van der Waals surface area (Å²) in [5.74, 6) is 0.936. The number of aromatic nitrogens is 3.